The van der Waals surface area contributed by atoms with Crippen LogP contribution in [0.25, 0.3) is 0 Å². The molecule has 312 valence electrons. The number of likely N-dealkylation sites (tertiary alicyclic amines) is 1. The molecule has 4 saturated heterocycles. The highest BCUT2D eigenvalue weighted by molar-refractivity contribution is 5.66. The molecule has 2 spiro atoms. The van der Waals surface area contributed by atoms with Gasteiger partial charge in [0.2, 0.25) is 0 Å². The molecule has 9 heteroatoms. The maximum absolute atomic E-state index is 12.3. The third-order valence-corrected chi connectivity index (χ3v) is 19.7. The Labute approximate surface area is 332 Å². The fraction of sp³-hybridized carbons (Fsp3) is 0.978. The summed E-state index contributed by atoms with van der Waals surface area (Å²) in [6.45, 7) is 31.8. The van der Waals surface area contributed by atoms with E-state index in [2.05, 4.69) is 65.2 Å². The van der Waals surface area contributed by atoms with Crippen molar-refractivity contribution in [3.8, 4) is 0 Å². The van der Waals surface area contributed by atoms with Gasteiger partial charge in [0, 0.05) is 32.6 Å². The van der Waals surface area contributed by atoms with E-state index in [4.69, 9.17) is 23.7 Å². The molecule has 15 atom stereocenters. The lowest BCUT2D eigenvalue weighted by Crippen LogP contribution is -2.69. The standard InChI is InChI=1S/C46H76N2O7/c1-12-32-38-37(27(2)21-33(54-38)39(41(7,8)50)53-29(4)49)42(9)17-18-46-28(3)45(46)16-15-36(40(5,6)34(45)13-14-35(46)44(32,42)11)55-43(10)26-47(19-20-52-43)30-22-48(23-30)31-24-51-25-31/h27-28,30-39,50H,12-26H2,1-11H3/t27-,28-,32+,33?,34+,35?,36+,37+,38?,39+,42-,43+,44+,45-,46+/m1/s1. The molecular weight excluding hydrogens is 693 g/mol. The maximum Gasteiger partial charge on any atom is 0.303 e. The summed E-state index contributed by atoms with van der Waals surface area (Å²) in [5.74, 6) is 2.42. The molecule has 0 aromatic heterocycles. The summed E-state index contributed by atoms with van der Waals surface area (Å²) in [6, 6.07) is 1.22. The number of carbonyl (C=O) groups excluding carboxylic acids is 1. The monoisotopic (exact) mass is 769 g/mol. The van der Waals surface area contributed by atoms with E-state index in [1.807, 2.05) is 0 Å². The number of fused-ring (bicyclic) bond motifs is 4. The van der Waals surface area contributed by atoms with Gasteiger partial charge in [-0.25, -0.2) is 0 Å². The van der Waals surface area contributed by atoms with E-state index in [0.29, 0.717) is 58.4 Å². The van der Waals surface area contributed by atoms with Crippen LogP contribution in [0.5, 0.6) is 0 Å². The molecular formula is C46H76N2O7. The number of rotatable bonds is 8. The number of aliphatic hydroxyl groups is 1. The zero-order valence-electron chi connectivity index (χ0n) is 36.3. The van der Waals surface area contributed by atoms with Crippen LogP contribution in [-0.2, 0) is 28.5 Å². The van der Waals surface area contributed by atoms with Gasteiger partial charge in [0.15, 0.2) is 11.9 Å². The highest BCUT2D eigenvalue weighted by Crippen LogP contribution is 2.92. The topological polar surface area (TPSA) is 89.9 Å². The lowest BCUT2D eigenvalue weighted by Gasteiger charge is -2.64. The third kappa shape index (κ3) is 5.30. The normalized spacial score (nSPS) is 51.7. The number of carbonyl (C=O) groups is 1. The zero-order chi connectivity index (χ0) is 39.3. The van der Waals surface area contributed by atoms with Crippen LogP contribution in [0, 0.1) is 62.6 Å². The van der Waals surface area contributed by atoms with Crippen LogP contribution < -0.4 is 0 Å². The Balaban J connectivity index is 0.950. The lowest BCUT2D eigenvalue weighted by molar-refractivity contribution is -0.309. The molecule has 9 nitrogen and oxygen atoms in total. The summed E-state index contributed by atoms with van der Waals surface area (Å²) in [4.78, 5) is 17.5. The summed E-state index contributed by atoms with van der Waals surface area (Å²) in [5.41, 5.74) is -0.0459. The number of ether oxygens (including phenoxy) is 5. The van der Waals surface area contributed by atoms with E-state index in [1.165, 1.54) is 39.0 Å². The Kier molecular flexibility index (Phi) is 9.26. The molecule has 9 aliphatic rings. The zero-order valence-corrected chi connectivity index (χ0v) is 36.3. The van der Waals surface area contributed by atoms with Gasteiger partial charge in [-0.3, -0.25) is 14.6 Å². The molecule has 1 N–H and O–H groups in total. The van der Waals surface area contributed by atoms with Crippen molar-refractivity contribution < 1.29 is 33.6 Å². The predicted molar refractivity (Wildman–Crippen MR) is 211 cm³/mol. The van der Waals surface area contributed by atoms with Crippen molar-refractivity contribution in [1.29, 1.82) is 0 Å². The summed E-state index contributed by atoms with van der Waals surface area (Å²) < 4.78 is 32.4. The minimum atomic E-state index is -1.18. The number of hydrogen-bond acceptors (Lipinski definition) is 9. The first-order valence-electron chi connectivity index (χ1n) is 22.7. The number of morpholine rings is 1. The van der Waals surface area contributed by atoms with Gasteiger partial charge >= 0.3 is 5.97 Å². The number of hydrogen-bond donors (Lipinski definition) is 1. The van der Waals surface area contributed by atoms with Crippen LogP contribution in [0.15, 0.2) is 0 Å². The Morgan fingerprint density at radius 2 is 1.64 bits per heavy atom. The van der Waals surface area contributed by atoms with E-state index in [9.17, 15) is 9.90 Å². The molecule has 0 aromatic carbocycles. The van der Waals surface area contributed by atoms with E-state index >= 15 is 0 Å². The first-order chi connectivity index (χ1) is 25.8. The van der Waals surface area contributed by atoms with E-state index in [0.717, 1.165) is 65.3 Å². The second-order valence-corrected chi connectivity index (χ2v) is 22.5. The molecule has 5 aliphatic carbocycles. The average Bonchev–Trinajstić information content (AvgIpc) is 3.50. The Bertz CT molecular complexity index is 1510. The van der Waals surface area contributed by atoms with Gasteiger partial charge in [-0.15, -0.1) is 0 Å². The first kappa shape index (κ1) is 39.6. The average molecular weight is 769 g/mol. The molecule has 0 bridgehead atoms. The second-order valence-electron chi connectivity index (χ2n) is 22.5. The van der Waals surface area contributed by atoms with Crippen LogP contribution in [-0.4, -0.2) is 115 Å². The van der Waals surface area contributed by atoms with Gasteiger partial charge in [0.1, 0.15) is 0 Å². The fourth-order valence-electron chi connectivity index (χ4n) is 17.2. The highest BCUT2D eigenvalue weighted by Gasteiger charge is 2.87. The molecule has 9 fully saturated rings. The van der Waals surface area contributed by atoms with Crippen LogP contribution in [0.3, 0.4) is 0 Å². The van der Waals surface area contributed by atoms with Crippen molar-refractivity contribution in [2.75, 3.05) is 46.0 Å². The van der Waals surface area contributed by atoms with Gasteiger partial charge in [-0.05, 0) is 128 Å². The predicted octanol–water partition coefficient (Wildman–Crippen LogP) is 6.93. The van der Waals surface area contributed by atoms with Crippen LogP contribution in [0.2, 0.25) is 0 Å². The van der Waals surface area contributed by atoms with Crippen LogP contribution in [0.4, 0.5) is 0 Å². The van der Waals surface area contributed by atoms with Crippen molar-refractivity contribution in [1.82, 2.24) is 9.80 Å². The minimum Gasteiger partial charge on any atom is -0.457 e. The highest BCUT2D eigenvalue weighted by atomic mass is 16.7. The van der Waals surface area contributed by atoms with Gasteiger partial charge in [0.05, 0.1) is 56.3 Å². The molecule has 4 heterocycles. The summed E-state index contributed by atoms with van der Waals surface area (Å²) in [7, 11) is 0. The molecule has 5 saturated carbocycles. The molecule has 0 amide bonds. The van der Waals surface area contributed by atoms with Crippen molar-refractivity contribution in [3.05, 3.63) is 0 Å². The molecule has 0 radical (unpaired) electrons. The van der Waals surface area contributed by atoms with E-state index in [-0.39, 0.29) is 40.5 Å². The van der Waals surface area contributed by atoms with Gasteiger partial charge in [-0.2, -0.15) is 0 Å². The van der Waals surface area contributed by atoms with Crippen molar-refractivity contribution >= 4 is 5.97 Å². The summed E-state index contributed by atoms with van der Waals surface area (Å²) in [5, 5.41) is 11.2. The van der Waals surface area contributed by atoms with Gasteiger partial charge in [-0.1, -0.05) is 54.9 Å². The molecule has 0 aromatic rings. The molecule has 55 heavy (non-hydrogen) atoms. The largest absolute Gasteiger partial charge is 0.457 e. The quantitative estimate of drug-likeness (QED) is 0.264. The molecule has 3 unspecified atom stereocenters. The number of nitrogens with zero attached hydrogens (tertiary/aromatic N) is 2. The molecule has 9 rings (SSSR count). The SMILES string of the molecule is CC[C@H]1C2OC([C@H](OC(C)=O)C(C)(C)O)C[C@@H](C)[C@@H]2[C@@]2(C)CC[C@]34C(CC[C@H]5C(C)(C)[C@@H](O[C@@]6(C)CN(C7CN(C8COC8)C7)CCO6)CC[C@@]53[C@H]4C)[C@]12C. The minimum absolute atomic E-state index is 0.0657. The molecule has 4 aliphatic heterocycles. The Morgan fingerprint density at radius 3 is 2.27 bits per heavy atom. The first-order valence-corrected chi connectivity index (χ1v) is 22.7. The number of esters is 1. The Morgan fingerprint density at radius 1 is 0.945 bits per heavy atom. The van der Waals surface area contributed by atoms with E-state index < -0.39 is 17.5 Å². The van der Waals surface area contributed by atoms with Crippen LogP contribution in [0.1, 0.15) is 128 Å². The fourth-order valence-corrected chi connectivity index (χ4v) is 17.2. The lowest BCUT2D eigenvalue weighted by atomic mass is 9.40. The summed E-state index contributed by atoms with van der Waals surface area (Å²) >= 11 is 0. The smallest absolute Gasteiger partial charge is 0.303 e. The van der Waals surface area contributed by atoms with E-state index in [1.54, 1.807) is 13.8 Å². The van der Waals surface area contributed by atoms with Crippen LogP contribution >= 0.6 is 0 Å². The van der Waals surface area contributed by atoms with Crippen molar-refractivity contribution in [3.63, 3.8) is 0 Å². The van der Waals surface area contributed by atoms with Crippen molar-refractivity contribution in [2.45, 2.75) is 175 Å². The third-order valence-electron chi connectivity index (χ3n) is 19.7. The Hall–Kier alpha value is -0.810. The summed E-state index contributed by atoms with van der Waals surface area (Å²) in [6.07, 6.45) is 8.78. The van der Waals surface area contributed by atoms with Gasteiger partial charge < -0.3 is 28.8 Å². The van der Waals surface area contributed by atoms with Gasteiger partial charge in [0.25, 0.3) is 0 Å². The maximum atomic E-state index is 12.3. The second kappa shape index (κ2) is 12.8. The van der Waals surface area contributed by atoms with Crippen molar-refractivity contribution in [2.24, 2.45) is 62.6 Å².